The molecule has 2 heterocycles. The van der Waals surface area contributed by atoms with E-state index in [0.717, 1.165) is 32.1 Å². The van der Waals surface area contributed by atoms with E-state index in [9.17, 15) is 0 Å². The van der Waals surface area contributed by atoms with Crippen LogP contribution in [-0.2, 0) is 0 Å². The van der Waals surface area contributed by atoms with E-state index < -0.39 is 0 Å². The lowest BCUT2D eigenvalue weighted by molar-refractivity contribution is 0.257. The van der Waals surface area contributed by atoms with E-state index in [4.69, 9.17) is 0 Å². The van der Waals surface area contributed by atoms with Crippen LogP contribution in [0.5, 0.6) is 0 Å². The van der Waals surface area contributed by atoms with Crippen LogP contribution in [0.3, 0.4) is 0 Å². The van der Waals surface area contributed by atoms with Crippen molar-refractivity contribution in [1.29, 1.82) is 0 Å². The van der Waals surface area contributed by atoms with E-state index in [1.807, 2.05) is 12.4 Å². The molecule has 1 fully saturated rings. The Hall–Kier alpha value is -1.16. The topological polar surface area (TPSA) is 32.3 Å². The molecule has 0 radical (unpaired) electrons. The maximum absolute atomic E-state index is 4.49. The standard InChI is InChI=1S/C14H24N4/c1-4-5-17-6-8-18(9-7-17)14-15-10-13(11-16-14)12(2)3/h10-12H,4-9H2,1-3H3. The first-order valence-electron chi connectivity index (χ1n) is 7.00. The fraction of sp³-hybridized carbons (Fsp3) is 0.714. The molecule has 0 aromatic carbocycles. The minimum Gasteiger partial charge on any atom is -0.338 e. The molecular weight excluding hydrogens is 224 g/mol. The van der Waals surface area contributed by atoms with E-state index in [0.29, 0.717) is 5.92 Å². The van der Waals surface area contributed by atoms with Crippen LogP contribution in [-0.4, -0.2) is 47.6 Å². The third kappa shape index (κ3) is 3.19. The summed E-state index contributed by atoms with van der Waals surface area (Å²) >= 11 is 0. The maximum atomic E-state index is 4.49. The van der Waals surface area contributed by atoms with Crippen LogP contribution in [0.1, 0.15) is 38.7 Å². The van der Waals surface area contributed by atoms with Gasteiger partial charge in [0.15, 0.2) is 0 Å². The molecule has 0 N–H and O–H groups in total. The van der Waals surface area contributed by atoms with Crippen LogP contribution >= 0.6 is 0 Å². The van der Waals surface area contributed by atoms with E-state index in [1.165, 1.54) is 18.5 Å². The molecule has 1 saturated heterocycles. The molecule has 100 valence electrons. The Morgan fingerprint density at radius 2 is 1.72 bits per heavy atom. The fourth-order valence-corrected chi connectivity index (χ4v) is 2.28. The van der Waals surface area contributed by atoms with Crippen molar-refractivity contribution in [2.24, 2.45) is 0 Å². The van der Waals surface area contributed by atoms with E-state index >= 15 is 0 Å². The van der Waals surface area contributed by atoms with Crippen molar-refractivity contribution in [3.63, 3.8) is 0 Å². The lowest BCUT2D eigenvalue weighted by atomic mass is 10.1. The number of piperazine rings is 1. The highest BCUT2D eigenvalue weighted by Gasteiger charge is 2.18. The van der Waals surface area contributed by atoms with Crippen LogP contribution < -0.4 is 4.90 Å². The predicted molar refractivity (Wildman–Crippen MR) is 75.1 cm³/mol. The summed E-state index contributed by atoms with van der Waals surface area (Å²) in [7, 11) is 0. The van der Waals surface area contributed by atoms with Gasteiger partial charge in [0.25, 0.3) is 0 Å². The number of aromatic nitrogens is 2. The fourth-order valence-electron chi connectivity index (χ4n) is 2.28. The van der Waals surface area contributed by atoms with E-state index in [1.54, 1.807) is 0 Å². The van der Waals surface area contributed by atoms with E-state index in [2.05, 4.69) is 40.5 Å². The zero-order chi connectivity index (χ0) is 13.0. The highest BCUT2D eigenvalue weighted by Crippen LogP contribution is 2.15. The first-order chi connectivity index (χ1) is 8.70. The Morgan fingerprint density at radius 3 is 2.22 bits per heavy atom. The summed E-state index contributed by atoms with van der Waals surface area (Å²) in [5.41, 5.74) is 1.21. The molecule has 0 saturated carbocycles. The summed E-state index contributed by atoms with van der Waals surface area (Å²) in [6.45, 7) is 12.1. The van der Waals surface area contributed by atoms with Crippen molar-refractivity contribution in [3.8, 4) is 0 Å². The first kappa shape index (κ1) is 13.3. The van der Waals surface area contributed by atoms with Gasteiger partial charge in [-0.3, -0.25) is 4.90 Å². The lowest BCUT2D eigenvalue weighted by Gasteiger charge is -2.34. The number of anilines is 1. The van der Waals surface area contributed by atoms with Gasteiger partial charge in [-0.1, -0.05) is 20.8 Å². The molecule has 0 aliphatic carbocycles. The number of hydrogen-bond donors (Lipinski definition) is 0. The quantitative estimate of drug-likeness (QED) is 0.817. The molecule has 0 spiro atoms. The minimum absolute atomic E-state index is 0.500. The Balaban J connectivity index is 1.93. The Morgan fingerprint density at radius 1 is 1.11 bits per heavy atom. The Labute approximate surface area is 110 Å². The molecule has 2 rings (SSSR count). The third-order valence-electron chi connectivity index (χ3n) is 3.52. The maximum Gasteiger partial charge on any atom is 0.225 e. The van der Waals surface area contributed by atoms with Crippen molar-refractivity contribution in [1.82, 2.24) is 14.9 Å². The minimum atomic E-state index is 0.500. The summed E-state index contributed by atoms with van der Waals surface area (Å²) < 4.78 is 0. The summed E-state index contributed by atoms with van der Waals surface area (Å²) in [4.78, 5) is 13.8. The van der Waals surface area contributed by atoms with Gasteiger partial charge >= 0.3 is 0 Å². The molecular formula is C14H24N4. The smallest absolute Gasteiger partial charge is 0.225 e. The van der Waals surface area contributed by atoms with Gasteiger partial charge in [-0.2, -0.15) is 0 Å². The molecule has 1 aliphatic rings. The van der Waals surface area contributed by atoms with Crippen LogP contribution in [0, 0.1) is 0 Å². The van der Waals surface area contributed by atoms with Gasteiger partial charge in [0.1, 0.15) is 0 Å². The average Bonchev–Trinajstić information content (AvgIpc) is 2.40. The van der Waals surface area contributed by atoms with Gasteiger partial charge in [0, 0.05) is 38.6 Å². The molecule has 0 atom stereocenters. The van der Waals surface area contributed by atoms with Crippen molar-refractivity contribution in [2.45, 2.75) is 33.1 Å². The van der Waals surface area contributed by atoms with Crippen LogP contribution in [0.25, 0.3) is 0 Å². The Bertz CT molecular complexity index is 353. The second kappa shape index (κ2) is 6.14. The van der Waals surface area contributed by atoms with Crippen molar-refractivity contribution >= 4 is 5.95 Å². The van der Waals surface area contributed by atoms with Crippen molar-refractivity contribution < 1.29 is 0 Å². The molecule has 1 aromatic rings. The largest absolute Gasteiger partial charge is 0.338 e. The van der Waals surface area contributed by atoms with Gasteiger partial charge in [0.05, 0.1) is 0 Å². The summed E-state index contributed by atoms with van der Waals surface area (Å²) in [5, 5.41) is 0. The summed E-state index contributed by atoms with van der Waals surface area (Å²) in [5.74, 6) is 1.39. The summed E-state index contributed by atoms with van der Waals surface area (Å²) in [6.07, 6.45) is 5.16. The molecule has 1 aliphatic heterocycles. The molecule has 1 aromatic heterocycles. The Kier molecular flexibility index (Phi) is 4.53. The molecule has 0 bridgehead atoms. The normalized spacial score (nSPS) is 17.4. The average molecular weight is 248 g/mol. The monoisotopic (exact) mass is 248 g/mol. The molecule has 0 unspecified atom stereocenters. The lowest BCUT2D eigenvalue weighted by Crippen LogP contribution is -2.47. The summed E-state index contributed by atoms with van der Waals surface area (Å²) in [6, 6.07) is 0. The van der Waals surface area contributed by atoms with Crippen LogP contribution in [0.15, 0.2) is 12.4 Å². The highest BCUT2D eigenvalue weighted by atomic mass is 15.3. The second-order valence-corrected chi connectivity index (χ2v) is 5.30. The number of hydrogen-bond acceptors (Lipinski definition) is 4. The van der Waals surface area contributed by atoms with Crippen LogP contribution in [0.2, 0.25) is 0 Å². The van der Waals surface area contributed by atoms with Gasteiger partial charge < -0.3 is 4.90 Å². The van der Waals surface area contributed by atoms with Gasteiger partial charge in [0.2, 0.25) is 5.95 Å². The van der Waals surface area contributed by atoms with Crippen molar-refractivity contribution in [3.05, 3.63) is 18.0 Å². The first-order valence-corrected chi connectivity index (χ1v) is 7.00. The molecule has 0 amide bonds. The van der Waals surface area contributed by atoms with Crippen LogP contribution in [0.4, 0.5) is 5.95 Å². The zero-order valence-electron chi connectivity index (χ0n) is 11.8. The van der Waals surface area contributed by atoms with Gasteiger partial charge in [-0.15, -0.1) is 0 Å². The molecule has 4 nitrogen and oxygen atoms in total. The second-order valence-electron chi connectivity index (χ2n) is 5.30. The zero-order valence-corrected chi connectivity index (χ0v) is 11.8. The van der Waals surface area contributed by atoms with E-state index in [-0.39, 0.29) is 0 Å². The van der Waals surface area contributed by atoms with Gasteiger partial charge in [-0.25, -0.2) is 9.97 Å². The predicted octanol–water partition coefficient (Wildman–Crippen LogP) is 2.13. The highest BCUT2D eigenvalue weighted by molar-refractivity contribution is 5.31. The number of rotatable bonds is 4. The number of nitrogens with zero attached hydrogens (tertiary/aromatic N) is 4. The van der Waals surface area contributed by atoms with Gasteiger partial charge in [-0.05, 0) is 24.4 Å². The van der Waals surface area contributed by atoms with Crippen molar-refractivity contribution in [2.75, 3.05) is 37.6 Å². The SMILES string of the molecule is CCCN1CCN(c2ncc(C(C)C)cn2)CC1. The molecule has 18 heavy (non-hydrogen) atoms. The third-order valence-corrected chi connectivity index (χ3v) is 3.52. The molecule has 4 heteroatoms.